The van der Waals surface area contributed by atoms with Crippen LogP contribution in [0.4, 0.5) is 11.4 Å². The summed E-state index contributed by atoms with van der Waals surface area (Å²) in [7, 11) is 0. The van der Waals surface area contributed by atoms with Crippen LogP contribution in [0.25, 0.3) is 0 Å². The molecule has 2 aromatic rings. The predicted octanol–water partition coefficient (Wildman–Crippen LogP) is 4.15. The molecule has 0 spiro atoms. The molecule has 1 aromatic heterocycles. The first-order chi connectivity index (χ1) is 9.06. The van der Waals surface area contributed by atoms with Crippen molar-refractivity contribution < 1.29 is 4.92 Å². The lowest BCUT2D eigenvalue weighted by molar-refractivity contribution is -0.384. The Kier molecular flexibility index (Phi) is 4.13. The van der Waals surface area contributed by atoms with Gasteiger partial charge in [0.25, 0.3) is 5.69 Å². The summed E-state index contributed by atoms with van der Waals surface area (Å²) in [5, 5.41) is 14.8. The van der Waals surface area contributed by atoms with Gasteiger partial charge in [-0.2, -0.15) is 5.10 Å². The lowest BCUT2D eigenvalue weighted by Gasteiger charge is -2.01. The SMILES string of the molecule is CC(=NNc1cccc([N+](=O)[O-])c1)c1ccc(Cl)s1. The number of halogens is 1. The van der Waals surface area contributed by atoms with Crippen molar-refractivity contribution >= 4 is 40.0 Å². The molecule has 0 amide bonds. The Morgan fingerprint density at radius 1 is 1.42 bits per heavy atom. The van der Waals surface area contributed by atoms with Crippen molar-refractivity contribution in [2.45, 2.75) is 6.92 Å². The molecule has 1 heterocycles. The van der Waals surface area contributed by atoms with Crippen LogP contribution < -0.4 is 5.43 Å². The maximum Gasteiger partial charge on any atom is 0.271 e. The number of benzene rings is 1. The van der Waals surface area contributed by atoms with E-state index in [1.54, 1.807) is 18.2 Å². The Balaban J connectivity index is 2.13. The van der Waals surface area contributed by atoms with Gasteiger partial charge in [0.1, 0.15) is 0 Å². The van der Waals surface area contributed by atoms with Crippen LogP contribution in [0.15, 0.2) is 41.5 Å². The highest BCUT2D eigenvalue weighted by Gasteiger charge is 2.05. The molecule has 7 heteroatoms. The summed E-state index contributed by atoms with van der Waals surface area (Å²) >= 11 is 7.27. The van der Waals surface area contributed by atoms with Gasteiger partial charge in [0, 0.05) is 12.1 Å². The van der Waals surface area contributed by atoms with E-state index < -0.39 is 4.92 Å². The van der Waals surface area contributed by atoms with Crippen molar-refractivity contribution in [3.05, 3.63) is 55.7 Å². The van der Waals surface area contributed by atoms with Crippen molar-refractivity contribution in [3.8, 4) is 0 Å². The second-order valence-corrected chi connectivity index (χ2v) is 5.44. The van der Waals surface area contributed by atoms with E-state index in [1.807, 2.05) is 13.0 Å². The lowest BCUT2D eigenvalue weighted by Crippen LogP contribution is -1.97. The zero-order valence-corrected chi connectivity index (χ0v) is 11.5. The standard InChI is InChI=1S/C12H10ClN3O2S/c1-8(11-5-6-12(13)19-11)14-15-9-3-2-4-10(7-9)16(17)18/h2-7,15H,1H3. The van der Waals surface area contributed by atoms with E-state index in [0.717, 1.165) is 10.6 Å². The highest BCUT2D eigenvalue weighted by molar-refractivity contribution is 7.18. The summed E-state index contributed by atoms with van der Waals surface area (Å²) in [6, 6.07) is 9.85. The predicted molar refractivity (Wildman–Crippen MR) is 78.3 cm³/mol. The molecule has 5 nitrogen and oxygen atoms in total. The molecule has 2 rings (SSSR count). The first-order valence-electron chi connectivity index (χ1n) is 5.37. The van der Waals surface area contributed by atoms with Crippen LogP contribution in [0.2, 0.25) is 4.34 Å². The fourth-order valence-corrected chi connectivity index (χ4v) is 2.39. The van der Waals surface area contributed by atoms with Crippen LogP contribution in [0.1, 0.15) is 11.8 Å². The Hall–Kier alpha value is -1.92. The molecule has 0 saturated heterocycles. The minimum Gasteiger partial charge on any atom is -0.278 e. The zero-order valence-electron chi connectivity index (χ0n) is 9.96. The number of nitrogens with one attached hydrogen (secondary N) is 1. The third kappa shape index (κ3) is 3.52. The van der Waals surface area contributed by atoms with Crippen LogP contribution in [0, 0.1) is 10.1 Å². The second-order valence-electron chi connectivity index (χ2n) is 3.72. The maximum absolute atomic E-state index is 10.6. The number of thiophene rings is 1. The first-order valence-corrected chi connectivity index (χ1v) is 6.56. The van der Waals surface area contributed by atoms with Crippen molar-refractivity contribution in [2.24, 2.45) is 5.10 Å². The molecule has 1 N–H and O–H groups in total. The van der Waals surface area contributed by atoms with Crippen LogP contribution in [-0.2, 0) is 0 Å². The van der Waals surface area contributed by atoms with Gasteiger partial charge in [0.05, 0.1) is 25.5 Å². The molecule has 0 aliphatic carbocycles. The van der Waals surface area contributed by atoms with Crippen LogP contribution >= 0.6 is 22.9 Å². The summed E-state index contributed by atoms with van der Waals surface area (Å²) < 4.78 is 0.694. The number of nitro benzene ring substituents is 1. The van der Waals surface area contributed by atoms with Gasteiger partial charge in [-0.25, -0.2) is 0 Å². The van der Waals surface area contributed by atoms with Gasteiger partial charge in [-0.05, 0) is 25.1 Å². The lowest BCUT2D eigenvalue weighted by atomic mass is 10.3. The van der Waals surface area contributed by atoms with Gasteiger partial charge in [0.15, 0.2) is 0 Å². The first kappa shape index (κ1) is 13.5. The molecule has 0 saturated carbocycles. The fourth-order valence-electron chi connectivity index (χ4n) is 1.40. The van der Waals surface area contributed by atoms with E-state index in [1.165, 1.54) is 23.5 Å². The molecule has 1 aromatic carbocycles. The van der Waals surface area contributed by atoms with Gasteiger partial charge in [-0.3, -0.25) is 15.5 Å². The molecule has 0 bridgehead atoms. The van der Waals surface area contributed by atoms with Gasteiger partial charge in [-0.15, -0.1) is 11.3 Å². The minimum absolute atomic E-state index is 0.0250. The van der Waals surface area contributed by atoms with Crippen LogP contribution in [0.5, 0.6) is 0 Å². The molecule has 0 atom stereocenters. The average molecular weight is 296 g/mol. The third-order valence-corrected chi connectivity index (χ3v) is 3.68. The van der Waals surface area contributed by atoms with Gasteiger partial charge >= 0.3 is 0 Å². The highest BCUT2D eigenvalue weighted by Crippen LogP contribution is 2.22. The van der Waals surface area contributed by atoms with E-state index in [4.69, 9.17) is 11.6 Å². The largest absolute Gasteiger partial charge is 0.278 e. The van der Waals surface area contributed by atoms with Crippen LogP contribution in [0.3, 0.4) is 0 Å². The summed E-state index contributed by atoms with van der Waals surface area (Å²) in [5.74, 6) is 0. The Labute approximate surface area is 118 Å². The van der Waals surface area contributed by atoms with Gasteiger partial charge in [0.2, 0.25) is 0 Å². The Morgan fingerprint density at radius 3 is 2.84 bits per heavy atom. The van der Waals surface area contributed by atoms with Gasteiger partial charge < -0.3 is 0 Å². The number of hydrogen-bond acceptors (Lipinski definition) is 5. The van der Waals surface area contributed by atoms with Crippen molar-refractivity contribution in [1.29, 1.82) is 0 Å². The van der Waals surface area contributed by atoms with E-state index in [9.17, 15) is 10.1 Å². The number of nitrogens with zero attached hydrogens (tertiary/aromatic N) is 2. The average Bonchev–Trinajstić information content (AvgIpc) is 2.83. The zero-order chi connectivity index (χ0) is 13.8. The topological polar surface area (TPSA) is 67.5 Å². The Morgan fingerprint density at radius 2 is 2.21 bits per heavy atom. The number of hydrogen-bond donors (Lipinski definition) is 1. The minimum atomic E-state index is -0.444. The Bertz CT molecular complexity index is 639. The summed E-state index contributed by atoms with van der Waals surface area (Å²) in [6.45, 7) is 1.84. The fraction of sp³-hybridized carbons (Fsp3) is 0.0833. The van der Waals surface area contributed by atoms with Gasteiger partial charge in [-0.1, -0.05) is 17.7 Å². The molecule has 98 valence electrons. The molecule has 0 fully saturated rings. The van der Waals surface area contributed by atoms with E-state index in [-0.39, 0.29) is 5.69 Å². The molecule has 0 aliphatic heterocycles. The van der Waals surface area contributed by atoms with Crippen molar-refractivity contribution in [2.75, 3.05) is 5.43 Å². The second kappa shape index (κ2) is 5.81. The smallest absolute Gasteiger partial charge is 0.271 e. The quantitative estimate of drug-likeness (QED) is 0.523. The van der Waals surface area contributed by atoms with Crippen molar-refractivity contribution in [1.82, 2.24) is 0 Å². The summed E-state index contributed by atoms with van der Waals surface area (Å²) in [6.07, 6.45) is 0. The summed E-state index contributed by atoms with van der Waals surface area (Å²) in [5.41, 5.74) is 4.15. The number of rotatable bonds is 4. The van der Waals surface area contributed by atoms with E-state index in [2.05, 4.69) is 10.5 Å². The number of nitro groups is 1. The molecular weight excluding hydrogens is 286 g/mol. The van der Waals surface area contributed by atoms with Crippen LogP contribution in [-0.4, -0.2) is 10.6 Å². The van der Waals surface area contributed by atoms with E-state index >= 15 is 0 Å². The third-order valence-electron chi connectivity index (χ3n) is 2.34. The van der Waals surface area contributed by atoms with Crippen molar-refractivity contribution in [3.63, 3.8) is 0 Å². The number of hydrazone groups is 1. The highest BCUT2D eigenvalue weighted by atomic mass is 35.5. The maximum atomic E-state index is 10.6. The monoisotopic (exact) mass is 295 g/mol. The number of non-ortho nitro benzene ring substituents is 1. The molecule has 0 radical (unpaired) electrons. The molecule has 0 aliphatic rings. The number of anilines is 1. The van der Waals surface area contributed by atoms with E-state index in [0.29, 0.717) is 10.0 Å². The normalized spacial score (nSPS) is 11.4. The molecule has 19 heavy (non-hydrogen) atoms. The summed E-state index contributed by atoms with van der Waals surface area (Å²) in [4.78, 5) is 11.1. The molecular formula is C12H10ClN3O2S. The molecule has 0 unspecified atom stereocenters.